The van der Waals surface area contributed by atoms with Crippen molar-refractivity contribution < 1.29 is 14.0 Å². The van der Waals surface area contributed by atoms with Gasteiger partial charge in [0.2, 0.25) is 5.91 Å². The van der Waals surface area contributed by atoms with Crippen LogP contribution in [0.3, 0.4) is 0 Å². The fraction of sp³-hybridized carbons (Fsp3) is 0.400. The second-order valence-electron chi connectivity index (χ2n) is 6.49. The number of furan rings is 1. The first-order valence-corrected chi connectivity index (χ1v) is 8.79. The minimum atomic E-state index is -0.0981. The number of rotatable bonds is 4. The second kappa shape index (κ2) is 8.01. The first-order chi connectivity index (χ1) is 12.1. The number of carbonyl (C=O) groups is 2. The monoisotopic (exact) mass is 340 g/mol. The molecule has 1 aliphatic rings. The Hall–Kier alpha value is -2.56. The van der Waals surface area contributed by atoms with Gasteiger partial charge in [0.1, 0.15) is 0 Å². The van der Waals surface area contributed by atoms with Crippen molar-refractivity contribution >= 4 is 11.8 Å². The lowest BCUT2D eigenvalue weighted by Gasteiger charge is -2.21. The predicted molar refractivity (Wildman–Crippen MR) is 95.3 cm³/mol. The Balaban J connectivity index is 1.52. The van der Waals surface area contributed by atoms with Crippen molar-refractivity contribution in [2.75, 3.05) is 26.2 Å². The molecule has 5 heteroatoms. The first-order valence-electron chi connectivity index (χ1n) is 8.79. The van der Waals surface area contributed by atoms with Gasteiger partial charge in [-0.05, 0) is 37.5 Å². The number of hydrogen-bond acceptors (Lipinski definition) is 3. The maximum absolute atomic E-state index is 12.5. The summed E-state index contributed by atoms with van der Waals surface area (Å²) in [5, 5.41) is 0. The van der Waals surface area contributed by atoms with Crippen LogP contribution >= 0.6 is 0 Å². The van der Waals surface area contributed by atoms with E-state index in [-0.39, 0.29) is 11.8 Å². The fourth-order valence-corrected chi connectivity index (χ4v) is 3.20. The molecule has 0 radical (unpaired) electrons. The summed E-state index contributed by atoms with van der Waals surface area (Å²) in [5.41, 5.74) is 2.41. The quantitative estimate of drug-likeness (QED) is 0.860. The molecule has 1 aliphatic heterocycles. The molecule has 132 valence electrons. The average molecular weight is 340 g/mol. The zero-order valence-corrected chi connectivity index (χ0v) is 14.6. The molecule has 0 saturated carbocycles. The minimum absolute atomic E-state index is 0.0981. The zero-order chi connectivity index (χ0) is 17.6. The summed E-state index contributed by atoms with van der Waals surface area (Å²) in [4.78, 5) is 28.5. The molecule has 0 spiro atoms. The van der Waals surface area contributed by atoms with Crippen LogP contribution in [0.5, 0.6) is 0 Å². The summed E-state index contributed by atoms with van der Waals surface area (Å²) in [5.74, 6) is 0.423. The Bertz CT molecular complexity index is 724. The Labute approximate surface area is 148 Å². The van der Waals surface area contributed by atoms with E-state index >= 15 is 0 Å². The van der Waals surface area contributed by atoms with Crippen LogP contribution in [-0.2, 0) is 11.2 Å². The van der Waals surface area contributed by atoms with Crippen molar-refractivity contribution in [2.24, 2.45) is 0 Å². The van der Waals surface area contributed by atoms with Crippen molar-refractivity contribution in [1.29, 1.82) is 0 Å². The van der Waals surface area contributed by atoms with E-state index in [0.29, 0.717) is 38.4 Å². The predicted octanol–water partition coefficient (Wildman–Crippen LogP) is 2.90. The standard InChI is InChI=1S/C20H24N2O3/c1-16-5-2-6-17(15-16)8-9-19(23)21-10-4-11-22(13-12-21)20(24)18-7-3-14-25-18/h2-3,5-7,14-15H,4,8-13H2,1H3. The topological polar surface area (TPSA) is 53.8 Å². The van der Waals surface area contributed by atoms with E-state index in [1.165, 1.54) is 17.4 Å². The second-order valence-corrected chi connectivity index (χ2v) is 6.49. The third-order valence-electron chi connectivity index (χ3n) is 4.58. The van der Waals surface area contributed by atoms with Gasteiger partial charge in [0, 0.05) is 32.6 Å². The molecule has 25 heavy (non-hydrogen) atoms. The van der Waals surface area contributed by atoms with Crippen LogP contribution in [0.4, 0.5) is 0 Å². The lowest BCUT2D eigenvalue weighted by molar-refractivity contribution is -0.131. The van der Waals surface area contributed by atoms with Crippen LogP contribution in [0.25, 0.3) is 0 Å². The number of carbonyl (C=O) groups excluding carboxylic acids is 2. The van der Waals surface area contributed by atoms with E-state index in [2.05, 4.69) is 25.1 Å². The van der Waals surface area contributed by atoms with Crippen LogP contribution in [-0.4, -0.2) is 47.8 Å². The van der Waals surface area contributed by atoms with E-state index < -0.39 is 0 Å². The van der Waals surface area contributed by atoms with Gasteiger partial charge in [0.15, 0.2) is 5.76 Å². The van der Waals surface area contributed by atoms with Gasteiger partial charge in [0.05, 0.1) is 6.26 Å². The molecule has 1 fully saturated rings. The number of hydrogen-bond donors (Lipinski definition) is 0. The van der Waals surface area contributed by atoms with Crippen LogP contribution in [0.15, 0.2) is 47.1 Å². The Morgan fingerprint density at radius 3 is 2.60 bits per heavy atom. The van der Waals surface area contributed by atoms with E-state index in [0.717, 1.165) is 12.8 Å². The van der Waals surface area contributed by atoms with Gasteiger partial charge in [-0.3, -0.25) is 9.59 Å². The molecule has 2 aromatic rings. The first kappa shape index (κ1) is 17.3. The SMILES string of the molecule is Cc1cccc(CCC(=O)N2CCCN(C(=O)c3ccco3)CC2)c1. The van der Waals surface area contributed by atoms with Crippen molar-refractivity contribution in [3.05, 3.63) is 59.5 Å². The molecule has 0 atom stereocenters. The number of amides is 2. The summed E-state index contributed by atoms with van der Waals surface area (Å²) in [7, 11) is 0. The van der Waals surface area contributed by atoms with Crippen molar-refractivity contribution in [3.63, 3.8) is 0 Å². The highest BCUT2D eigenvalue weighted by Crippen LogP contribution is 2.12. The summed E-state index contributed by atoms with van der Waals surface area (Å²) in [6.45, 7) is 4.55. The van der Waals surface area contributed by atoms with E-state index in [1.54, 1.807) is 17.0 Å². The molecular formula is C20H24N2O3. The fourth-order valence-electron chi connectivity index (χ4n) is 3.20. The molecule has 0 unspecified atom stereocenters. The molecule has 1 saturated heterocycles. The summed E-state index contributed by atoms with van der Waals surface area (Å²) < 4.78 is 5.19. The third-order valence-corrected chi connectivity index (χ3v) is 4.58. The van der Waals surface area contributed by atoms with E-state index in [4.69, 9.17) is 4.42 Å². The lowest BCUT2D eigenvalue weighted by atomic mass is 10.1. The smallest absolute Gasteiger partial charge is 0.289 e. The molecule has 1 aromatic heterocycles. The van der Waals surface area contributed by atoms with Gasteiger partial charge in [-0.15, -0.1) is 0 Å². The summed E-state index contributed by atoms with van der Waals surface area (Å²) in [6, 6.07) is 11.7. The highest BCUT2D eigenvalue weighted by Gasteiger charge is 2.23. The molecule has 5 nitrogen and oxygen atoms in total. The number of nitrogens with zero attached hydrogens (tertiary/aromatic N) is 2. The zero-order valence-electron chi connectivity index (χ0n) is 14.6. The van der Waals surface area contributed by atoms with Crippen LogP contribution in [0.1, 0.15) is 34.5 Å². The van der Waals surface area contributed by atoms with Gasteiger partial charge >= 0.3 is 0 Å². The maximum Gasteiger partial charge on any atom is 0.289 e. The Morgan fingerprint density at radius 2 is 1.84 bits per heavy atom. The Morgan fingerprint density at radius 1 is 1.04 bits per heavy atom. The van der Waals surface area contributed by atoms with Crippen molar-refractivity contribution in [1.82, 2.24) is 9.80 Å². The van der Waals surface area contributed by atoms with Gasteiger partial charge in [-0.25, -0.2) is 0 Å². The van der Waals surface area contributed by atoms with Gasteiger partial charge < -0.3 is 14.2 Å². The van der Waals surface area contributed by atoms with Gasteiger partial charge in [0.25, 0.3) is 5.91 Å². The van der Waals surface area contributed by atoms with Gasteiger partial charge in [-0.2, -0.15) is 0 Å². The number of benzene rings is 1. The molecule has 0 aliphatic carbocycles. The molecule has 0 N–H and O–H groups in total. The number of aryl methyl sites for hydroxylation is 2. The lowest BCUT2D eigenvalue weighted by Crippen LogP contribution is -2.37. The Kier molecular flexibility index (Phi) is 5.53. The normalized spacial score (nSPS) is 15.1. The van der Waals surface area contributed by atoms with E-state index in [1.807, 2.05) is 11.0 Å². The largest absolute Gasteiger partial charge is 0.459 e. The minimum Gasteiger partial charge on any atom is -0.459 e. The van der Waals surface area contributed by atoms with Crippen LogP contribution < -0.4 is 0 Å². The molecule has 2 amide bonds. The van der Waals surface area contributed by atoms with Crippen LogP contribution in [0.2, 0.25) is 0 Å². The van der Waals surface area contributed by atoms with E-state index in [9.17, 15) is 9.59 Å². The summed E-state index contributed by atoms with van der Waals surface area (Å²) in [6.07, 6.45) is 3.57. The highest BCUT2D eigenvalue weighted by atomic mass is 16.3. The van der Waals surface area contributed by atoms with Crippen LogP contribution in [0, 0.1) is 6.92 Å². The van der Waals surface area contributed by atoms with Crippen molar-refractivity contribution in [3.8, 4) is 0 Å². The van der Waals surface area contributed by atoms with Gasteiger partial charge in [-0.1, -0.05) is 29.8 Å². The highest BCUT2D eigenvalue weighted by molar-refractivity contribution is 5.91. The third kappa shape index (κ3) is 4.50. The maximum atomic E-state index is 12.5. The molecule has 1 aromatic carbocycles. The summed E-state index contributed by atoms with van der Waals surface area (Å²) >= 11 is 0. The molecule has 3 rings (SSSR count). The average Bonchev–Trinajstić information content (AvgIpc) is 3.03. The van der Waals surface area contributed by atoms with Crippen molar-refractivity contribution in [2.45, 2.75) is 26.2 Å². The molecular weight excluding hydrogens is 316 g/mol. The molecule has 2 heterocycles. The molecule has 0 bridgehead atoms.